The van der Waals surface area contributed by atoms with Gasteiger partial charge in [0.15, 0.2) is 0 Å². The quantitative estimate of drug-likeness (QED) is 0.904. The van der Waals surface area contributed by atoms with Crippen molar-refractivity contribution in [1.29, 1.82) is 0 Å². The van der Waals surface area contributed by atoms with Gasteiger partial charge in [0.2, 0.25) is 0 Å². The van der Waals surface area contributed by atoms with Gasteiger partial charge in [-0.15, -0.1) is 0 Å². The molecule has 0 atom stereocenters. The summed E-state index contributed by atoms with van der Waals surface area (Å²) in [7, 11) is 2.10. The van der Waals surface area contributed by atoms with Gasteiger partial charge in [-0.1, -0.05) is 17.7 Å². The number of nitrogens with two attached hydrogens (primary N) is 1. The lowest BCUT2D eigenvalue weighted by atomic mass is 10.2. The Morgan fingerprint density at radius 1 is 1.47 bits per heavy atom. The average Bonchev–Trinajstić information content (AvgIpc) is 2.20. The molecule has 0 heterocycles. The molecular weight excluding hydrogens is 275 g/mol. The molecule has 1 rings (SSSR count). The molecule has 0 bridgehead atoms. The number of hydrogen-bond acceptors (Lipinski definition) is 2. The van der Waals surface area contributed by atoms with Gasteiger partial charge in [0, 0.05) is 11.0 Å². The monoisotopic (exact) mass is 290 g/mol. The van der Waals surface area contributed by atoms with E-state index in [0.29, 0.717) is 0 Å². The fourth-order valence-corrected chi connectivity index (χ4v) is 1.93. The first-order valence-electron chi connectivity index (χ1n) is 4.96. The first kappa shape index (κ1) is 13.0. The van der Waals surface area contributed by atoms with Gasteiger partial charge in [-0.2, -0.15) is 0 Å². The molecule has 0 fully saturated rings. The van der Waals surface area contributed by atoms with E-state index in [1.54, 1.807) is 0 Å². The molecule has 0 unspecified atom stereocenters. The average molecular weight is 292 g/mol. The van der Waals surface area contributed by atoms with Crippen molar-refractivity contribution >= 4 is 27.5 Å². The fraction of sp³-hybridized carbons (Fsp3) is 0.455. The minimum absolute atomic E-state index is 0.745. The third kappa shape index (κ3) is 4.51. The van der Waals surface area contributed by atoms with Gasteiger partial charge < -0.3 is 10.6 Å². The summed E-state index contributed by atoms with van der Waals surface area (Å²) in [6, 6.07) is 6.02. The maximum absolute atomic E-state index is 5.92. The highest BCUT2D eigenvalue weighted by molar-refractivity contribution is 9.10. The van der Waals surface area contributed by atoms with Crippen molar-refractivity contribution < 1.29 is 0 Å². The lowest BCUT2D eigenvalue weighted by molar-refractivity contribution is 0.324. The molecule has 0 aromatic heterocycles. The molecule has 0 spiro atoms. The summed E-state index contributed by atoms with van der Waals surface area (Å²) in [5, 5.41) is 0.753. The van der Waals surface area contributed by atoms with Crippen LogP contribution in [-0.2, 0) is 6.54 Å². The van der Waals surface area contributed by atoms with Crippen LogP contribution >= 0.6 is 27.5 Å². The highest BCUT2D eigenvalue weighted by Gasteiger charge is 2.02. The van der Waals surface area contributed by atoms with Crippen LogP contribution in [0.25, 0.3) is 0 Å². The Hall–Kier alpha value is -0.0900. The molecule has 0 saturated carbocycles. The van der Waals surface area contributed by atoms with Crippen LogP contribution in [0.5, 0.6) is 0 Å². The number of halogens is 2. The van der Waals surface area contributed by atoms with Crippen LogP contribution in [0.3, 0.4) is 0 Å². The smallest absolute Gasteiger partial charge is 0.0548 e. The molecule has 0 radical (unpaired) electrons. The maximum Gasteiger partial charge on any atom is 0.0548 e. The first-order chi connectivity index (χ1) is 7.13. The lowest BCUT2D eigenvalue weighted by Crippen LogP contribution is -2.21. The van der Waals surface area contributed by atoms with Gasteiger partial charge >= 0.3 is 0 Å². The minimum atomic E-state index is 0.745. The van der Waals surface area contributed by atoms with Crippen molar-refractivity contribution in [2.24, 2.45) is 5.73 Å². The van der Waals surface area contributed by atoms with Gasteiger partial charge in [-0.05, 0) is 60.2 Å². The SMILES string of the molecule is CN(CCCN)Cc1ccc(Cl)c(Br)c1. The van der Waals surface area contributed by atoms with Crippen molar-refractivity contribution in [3.05, 3.63) is 33.3 Å². The highest BCUT2D eigenvalue weighted by Crippen LogP contribution is 2.23. The third-order valence-electron chi connectivity index (χ3n) is 2.18. The van der Waals surface area contributed by atoms with Crippen molar-refractivity contribution in [3.8, 4) is 0 Å². The van der Waals surface area contributed by atoms with Gasteiger partial charge in [0.05, 0.1) is 5.02 Å². The second-order valence-electron chi connectivity index (χ2n) is 3.63. The summed E-state index contributed by atoms with van der Waals surface area (Å²) < 4.78 is 0.953. The zero-order valence-electron chi connectivity index (χ0n) is 8.84. The molecule has 0 saturated heterocycles. The molecule has 0 aliphatic rings. The number of hydrogen-bond donors (Lipinski definition) is 1. The fourth-order valence-electron chi connectivity index (χ4n) is 1.39. The van der Waals surface area contributed by atoms with E-state index in [1.807, 2.05) is 12.1 Å². The largest absolute Gasteiger partial charge is 0.330 e. The second-order valence-corrected chi connectivity index (χ2v) is 4.89. The van der Waals surface area contributed by atoms with Gasteiger partial charge in [0.1, 0.15) is 0 Å². The Labute approximate surface area is 105 Å². The van der Waals surface area contributed by atoms with E-state index in [1.165, 1.54) is 5.56 Å². The summed E-state index contributed by atoms with van der Waals surface area (Å²) in [6.45, 7) is 2.70. The number of rotatable bonds is 5. The van der Waals surface area contributed by atoms with Crippen molar-refractivity contribution in [2.45, 2.75) is 13.0 Å². The van der Waals surface area contributed by atoms with E-state index in [4.69, 9.17) is 17.3 Å². The van der Waals surface area contributed by atoms with E-state index in [9.17, 15) is 0 Å². The summed E-state index contributed by atoms with van der Waals surface area (Å²) in [6.07, 6.45) is 1.03. The van der Waals surface area contributed by atoms with Crippen LogP contribution in [0.4, 0.5) is 0 Å². The Kier molecular flexibility index (Phi) is 5.61. The van der Waals surface area contributed by atoms with Crippen LogP contribution < -0.4 is 5.73 Å². The molecule has 84 valence electrons. The molecule has 0 aliphatic carbocycles. The van der Waals surface area contributed by atoms with E-state index < -0.39 is 0 Å². The molecule has 0 amide bonds. The molecule has 2 N–H and O–H groups in total. The number of nitrogens with zero attached hydrogens (tertiary/aromatic N) is 1. The topological polar surface area (TPSA) is 29.3 Å². The molecule has 1 aromatic rings. The van der Waals surface area contributed by atoms with E-state index >= 15 is 0 Å². The Balaban J connectivity index is 2.53. The molecule has 0 aliphatic heterocycles. The molecule has 4 heteroatoms. The Bertz CT molecular complexity index is 317. The predicted octanol–water partition coefficient (Wildman–Crippen LogP) is 2.88. The zero-order valence-corrected chi connectivity index (χ0v) is 11.2. The van der Waals surface area contributed by atoms with Crippen LogP contribution in [0.2, 0.25) is 5.02 Å². The van der Waals surface area contributed by atoms with Gasteiger partial charge in [-0.25, -0.2) is 0 Å². The molecule has 2 nitrogen and oxygen atoms in total. The molecule has 15 heavy (non-hydrogen) atoms. The third-order valence-corrected chi connectivity index (χ3v) is 3.39. The van der Waals surface area contributed by atoms with Crippen molar-refractivity contribution in [1.82, 2.24) is 4.90 Å². The van der Waals surface area contributed by atoms with Crippen molar-refractivity contribution in [2.75, 3.05) is 20.1 Å². The Morgan fingerprint density at radius 2 is 2.20 bits per heavy atom. The van der Waals surface area contributed by atoms with Crippen LogP contribution in [0.1, 0.15) is 12.0 Å². The summed E-state index contributed by atoms with van der Waals surface area (Å²) in [4.78, 5) is 2.25. The van der Waals surface area contributed by atoms with Gasteiger partial charge in [0.25, 0.3) is 0 Å². The summed E-state index contributed by atoms with van der Waals surface area (Å²) >= 11 is 9.34. The standard InChI is InChI=1S/C11H16BrClN2/c1-15(6-2-5-14)8-9-3-4-11(13)10(12)7-9/h3-4,7H,2,5-6,8,14H2,1H3. The maximum atomic E-state index is 5.92. The normalized spacial score (nSPS) is 11.0. The van der Waals surface area contributed by atoms with Crippen LogP contribution in [0, 0.1) is 0 Å². The second kappa shape index (κ2) is 6.48. The summed E-state index contributed by atoms with van der Waals surface area (Å²) in [5.74, 6) is 0. The van der Waals surface area contributed by atoms with Gasteiger partial charge in [-0.3, -0.25) is 0 Å². The van der Waals surface area contributed by atoms with E-state index in [2.05, 4.69) is 33.9 Å². The Morgan fingerprint density at radius 3 is 2.80 bits per heavy atom. The zero-order chi connectivity index (χ0) is 11.3. The molecular formula is C11H16BrClN2. The van der Waals surface area contributed by atoms with Crippen LogP contribution in [0.15, 0.2) is 22.7 Å². The highest BCUT2D eigenvalue weighted by atomic mass is 79.9. The number of benzene rings is 1. The summed E-state index contributed by atoms with van der Waals surface area (Å²) in [5.41, 5.74) is 6.72. The lowest BCUT2D eigenvalue weighted by Gasteiger charge is -2.16. The predicted molar refractivity (Wildman–Crippen MR) is 69.2 cm³/mol. The first-order valence-corrected chi connectivity index (χ1v) is 6.13. The van der Waals surface area contributed by atoms with Crippen molar-refractivity contribution in [3.63, 3.8) is 0 Å². The van der Waals surface area contributed by atoms with E-state index in [0.717, 1.165) is 35.6 Å². The minimum Gasteiger partial charge on any atom is -0.330 e. The van der Waals surface area contributed by atoms with E-state index in [-0.39, 0.29) is 0 Å². The van der Waals surface area contributed by atoms with Crippen LogP contribution in [-0.4, -0.2) is 25.0 Å². The molecule has 1 aromatic carbocycles.